The molecule has 0 aliphatic carbocycles. The largest absolute Gasteiger partial charge is 0.480 e. The Balaban J connectivity index is 1.72. The van der Waals surface area contributed by atoms with Crippen LogP contribution in [-0.2, 0) is 14.4 Å². The molecule has 0 saturated carbocycles. The van der Waals surface area contributed by atoms with Crippen molar-refractivity contribution in [1.29, 1.82) is 0 Å². The minimum atomic E-state index is -1.14. The van der Waals surface area contributed by atoms with E-state index in [-0.39, 0.29) is 0 Å². The van der Waals surface area contributed by atoms with E-state index in [2.05, 4.69) is 5.29 Å². The number of hydrogen-bond donors (Lipinski definition) is 1. The number of β-lactam (4-membered cyclic amide) rings is 1. The Labute approximate surface area is 172 Å². The molecule has 1 N–H and O–H groups in total. The molecular weight excluding hydrogens is 396 g/mol. The summed E-state index contributed by atoms with van der Waals surface area (Å²) < 4.78 is -0.699. The van der Waals surface area contributed by atoms with Gasteiger partial charge >= 0.3 is 5.97 Å². The quantitative estimate of drug-likeness (QED) is 0.586. The molecule has 3 aliphatic rings. The van der Waals surface area contributed by atoms with E-state index in [1.54, 1.807) is 58.0 Å². The van der Waals surface area contributed by atoms with E-state index in [1.165, 1.54) is 26.6 Å². The van der Waals surface area contributed by atoms with Crippen molar-refractivity contribution in [2.75, 3.05) is 0 Å². The fourth-order valence-electron chi connectivity index (χ4n) is 4.71. The minimum absolute atomic E-state index is 0.393. The standard InChI is InChI=1S/C19H22N4O5S/c1-18(2)13(17(26)27)21-14(24)12(16(21)29-18)22-15(25)11(10-8-6-5-7-9-10)23(20-28)19(22,3)4/h5-9,11-13,16H,1-4H3,(H,26,27). The lowest BCUT2D eigenvalue weighted by Crippen LogP contribution is -2.73. The maximum absolute atomic E-state index is 13.4. The Morgan fingerprint density at radius 1 is 1.10 bits per heavy atom. The normalized spacial score (nSPS) is 32.2. The third-order valence-corrected chi connectivity index (χ3v) is 7.55. The first-order valence-corrected chi connectivity index (χ1v) is 10.2. The van der Waals surface area contributed by atoms with Gasteiger partial charge in [0.1, 0.15) is 23.1 Å². The van der Waals surface area contributed by atoms with Gasteiger partial charge in [0.25, 0.3) is 5.91 Å². The lowest BCUT2D eigenvalue weighted by atomic mass is 9.94. The van der Waals surface area contributed by atoms with E-state index in [1.807, 2.05) is 0 Å². The molecule has 1 aromatic rings. The van der Waals surface area contributed by atoms with Crippen molar-refractivity contribution in [2.24, 2.45) is 5.29 Å². The summed E-state index contributed by atoms with van der Waals surface area (Å²) in [5.41, 5.74) is -0.531. The molecular formula is C19H22N4O5S. The van der Waals surface area contributed by atoms with Crippen LogP contribution in [0.2, 0.25) is 0 Å². The number of nitroso groups, excluding NO2 is 1. The van der Waals surface area contributed by atoms with Crippen LogP contribution in [0.15, 0.2) is 35.6 Å². The fraction of sp³-hybridized carbons (Fsp3) is 0.526. The molecule has 3 heterocycles. The van der Waals surface area contributed by atoms with E-state index >= 15 is 0 Å². The van der Waals surface area contributed by atoms with Gasteiger partial charge in [0.15, 0.2) is 6.04 Å². The van der Waals surface area contributed by atoms with Crippen molar-refractivity contribution in [1.82, 2.24) is 14.8 Å². The number of carbonyl (C=O) groups is 3. The number of benzene rings is 1. The molecule has 10 heteroatoms. The molecule has 9 nitrogen and oxygen atoms in total. The van der Waals surface area contributed by atoms with Crippen molar-refractivity contribution < 1.29 is 19.5 Å². The molecule has 4 unspecified atom stereocenters. The first-order valence-electron chi connectivity index (χ1n) is 9.27. The van der Waals surface area contributed by atoms with Gasteiger partial charge in [0, 0.05) is 4.75 Å². The van der Waals surface area contributed by atoms with Crippen LogP contribution >= 0.6 is 11.8 Å². The topological polar surface area (TPSA) is 111 Å². The summed E-state index contributed by atoms with van der Waals surface area (Å²) in [6.45, 7) is 6.90. The van der Waals surface area contributed by atoms with Crippen LogP contribution in [0, 0.1) is 4.91 Å². The zero-order chi connectivity index (χ0) is 21.3. The summed E-state index contributed by atoms with van der Waals surface area (Å²) in [6, 6.07) is 6.08. The number of carboxylic acids is 1. The number of carboxylic acid groups (broad SMARTS) is 1. The first kappa shape index (κ1) is 19.7. The molecule has 3 fully saturated rings. The number of aliphatic carboxylic acids is 1. The van der Waals surface area contributed by atoms with E-state index in [4.69, 9.17) is 0 Å². The van der Waals surface area contributed by atoms with Crippen LogP contribution in [0.5, 0.6) is 0 Å². The van der Waals surface area contributed by atoms with Gasteiger partial charge in [-0.3, -0.25) is 9.59 Å². The van der Waals surface area contributed by atoms with Crippen LogP contribution in [0.3, 0.4) is 0 Å². The molecule has 1 aromatic carbocycles. The van der Waals surface area contributed by atoms with Crippen LogP contribution in [0.4, 0.5) is 0 Å². The third-order valence-electron chi connectivity index (χ3n) is 5.99. The molecule has 154 valence electrons. The molecule has 0 aromatic heterocycles. The SMILES string of the molecule is CC1(C)SC2C(N3C(=O)C(c4ccccc4)N(N=O)C3(C)C)C(=O)N2C1C(=O)O. The number of carbonyl (C=O) groups excluding carboxylic acids is 2. The zero-order valence-corrected chi connectivity index (χ0v) is 17.3. The number of fused-ring (bicyclic) bond motifs is 1. The van der Waals surface area contributed by atoms with Crippen LogP contribution in [0.25, 0.3) is 0 Å². The van der Waals surface area contributed by atoms with E-state index < -0.39 is 51.7 Å². The van der Waals surface area contributed by atoms with Gasteiger partial charge in [0.2, 0.25) is 5.91 Å². The van der Waals surface area contributed by atoms with Crippen molar-refractivity contribution in [3.8, 4) is 0 Å². The van der Waals surface area contributed by atoms with Gasteiger partial charge in [-0.1, -0.05) is 30.3 Å². The first-order chi connectivity index (χ1) is 13.5. The molecule has 4 atom stereocenters. The minimum Gasteiger partial charge on any atom is -0.480 e. The van der Waals surface area contributed by atoms with Gasteiger partial charge in [0.05, 0.1) is 5.29 Å². The average Bonchev–Trinajstić information content (AvgIpc) is 3.02. The highest BCUT2D eigenvalue weighted by Gasteiger charge is 2.69. The molecule has 3 aliphatic heterocycles. The second-order valence-electron chi connectivity index (χ2n) is 8.49. The maximum atomic E-state index is 13.4. The molecule has 3 saturated heterocycles. The fourth-order valence-corrected chi connectivity index (χ4v) is 6.38. The Morgan fingerprint density at radius 3 is 2.28 bits per heavy atom. The van der Waals surface area contributed by atoms with Crippen molar-refractivity contribution >= 4 is 29.5 Å². The summed E-state index contributed by atoms with van der Waals surface area (Å²) in [5, 5.41) is 13.4. The smallest absolute Gasteiger partial charge is 0.327 e. The molecule has 0 bridgehead atoms. The summed E-state index contributed by atoms with van der Waals surface area (Å²) in [4.78, 5) is 52.7. The van der Waals surface area contributed by atoms with E-state index in [0.717, 1.165) is 0 Å². The van der Waals surface area contributed by atoms with Crippen LogP contribution in [0.1, 0.15) is 39.3 Å². The number of thioether (sulfide) groups is 1. The third kappa shape index (κ3) is 2.51. The van der Waals surface area contributed by atoms with Gasteiger partial charge in [-0.2, -0.15) is 0 Å². The predicted octanol–water partition coefficient (Wildman–Crippen LogP) is 1.80. The Bertz CT molecular complexity index is 905. The highest BCUT2D eigenvalue weighted by atomic mass is 32.2. The van der Waals surface area contributed by atoms with Gasteiger partial charge < -0.3 is 14.9 Å². The number of rotatable bonds is 4. The van der Waals surface area contributed by atoms with Crippen LogP contribution < -0.4 is 0 Å². The highest BCUT2D eigenvalue weighted by molar-refractivity contribution is 8.01. The van der Waals surface area contributed by atoms with E-state index in [0.29, 0.717) is 5.56 Å². The second kappa shape index (κ2) is 6.19. The van der Waals surface area contributed by atoms with Gasteiger partial charge in [-0.25, -0.2) is 9.80 Å². The lowest BCUT2D eigenvalue weighted by Gasteiger charge is -2.50. The average molecular weight is 418 g/mol. The second-order valence-corrected chi connectivity index (χ2v) is 10.3. The summed E-state index contributed by atoms with van der Waals surface area (Å²) in [5.74, 6) is -1.88. The molecule has 0 spiro atoms. The highest BCUT2D eigenvalue weighted by Crippen LogP contribution is 2.55. The maximum Gasteiger partial charge on any atom is 0.327 e. The number of hydrogen-bond acceptors (Lipinski definition) is 6. The van der Waals surface area contributed by atoms with Crippen molar-refractivity contribution in [2.45, 2.75) is 61.6 Å². The Hall–Kier alpha value is -2.62. The number of amides is 2. The van der Waals surface area contributed by atoms with Gasteiger partial charge in [-0.15, -0.1) is 16.7 Å². The molecule has 2 amide bonds. The van der Waals surface area contributed by atoms with Gasteiger partial charge in [-0.05, 0) is 33.3 Å². The molecule has 29 heavy (non-hydrogen) atoms. The Morgan fingerprint density at radius 2 is 1.72 bits per heavy atom. The molecule has 0 radical (unpaired) electrons. The van der Waals surface area contributed by atoms with E-state index in [9.17, 15) is 24.4 Å². The predicted molar refractivity (Wildman–Crippen MR) is 105 cm³/mol. The van der Waals surface area contributed by atoms with Crippen molar-refractivity contribution in [3.63, 3.8) is 0 Å². The lowest BCUT2D eigenvalue weighted by molar-refractivity contribution is -0.172. The monoisotopic (exact) mass is 418 g/mol. The summed E-state index contributed by atoms with van der Waals surface area (Å²) in [7, 11) is 0. The summed E-state index contributed by atoms with van der Waals surface area (Å²) in [6.07, 6.45) is 0. The zero-order valence-electron chi connectivity index (χ0n) is 16.5. The number of nitrogens with zero attached hydrogens (tertiary/aromatic N) is 4. The molecule has 4 rings (SSSR count). The Kier molecular flexibility index (Phi) is 4.20. The van der Waals surface area contributed by atoms with Crippen LogP contribution in [-0.4, -0.2) is 65.6 Å². The summed E-state index contributed by atoms with van der Waals surface area (Å²) >= 11 is 1.36. The van der Waals surface area contributed by atoms with Crippen molar-refractivity contribution in [3.05, 3.63) is 40.8 Å².